The number of anilines is 1. The van der Waals surface area contributed by atoms with Crippen molar-refractivity contribution < 1.29 is 4.74 Å². The van der Waals surface area contributed by atoms with Gasteiger partial charge in [-0.25, -0.2) is 0 Å². The second-order valence-electron chi connectivity index (χ2n) is 4.82. The lowest BCUT2D eigenvalue weighted by molar-refractivity contribution is 0.195. The molecular formula is C14H20N2O. The summed E-state index contributed by atoms with van der Waals surface area (Å²) in [4.78, 5) is 0. The highest BCUT2D eigenvalue weighted by atomic mass is 16.5. The van der Waals surface area contributed by atoms with Gasteiger partial charge in [0.25, 0.3) is 0 Å². The summed E-state index contributed by atoms with van der Waals surface area (Å²) < 4.78 is 5.38. The number of rotatable bonds is 4. The van der Waals surface area contributed by atoms with Gasteiger partial charge in [0.15, 0.2) is 0 Å². The third-order valence-electron chi connectivity index (χ3n) is 3.18. The summed E-state index contributed by atoms with van der Waals surface area (Å²) in [6.45, 7) is 5.96. The SMILES string of the molecule is CC(C)c1cccc(C=N)c1N[C@@H]1CCOC1. The smallest absolute Gasteiger partial charge is 0.0668 e. The highest BCUT2D eigenvalue weighted by molar-refractivity contribution is 5.87. The first kappa shape index (κ1) is 12.1. The van der Waals surface area contributed by atoms with E-state index in [4.69, 9.17) is 10.1 Å². The summed E-state index contributed by atoms with van der Waals surface area (Å²) in [6.07, 6.45) is 2.47. The summed E-state index contributed by atoms with van der Waals surface area (Å²) >= 11 is 0. The predicted molar refractivity (Wildman–Crippen MR) is 71.3 cm³/mol. The Balaban J connectivity index is 2.30. The third-order valence-corrected chi connectivity index (χ3v) is 3.18. The van der Waals surface area contributed by atoms with E-state index in [1.165, 1.54) is 11.8 Å². The minimum absolute atomic E-state index is 0.383. The third kappa shape index (κ3) is 2.67. The maximum Gasteiger partial charge on any atom is 0.0668 e. The first-order valence-electron chi connectivity index (χ1n) is 6.20. The van der Waals surface area contributed by atoms with Crippen molar-refractivity contribution >= 4 is 11.9 Å². The summed E-state index contributed by atoms with van der Waals surface area (Å²) in [5.74, 6) is 0.458. The van der Waals surface area contributed by atoms with Crippen molar-refractivity contribution in [1.82, 2.24) is 0 Å². The van der Waals surface area contributed by atoms with E-state index in [1.807, 2.05) is 12.1 Å². The first-order valence-corrected chi connectivity index (χ1v) is 6.20. The van der Waals surface area contributed by atoms with Crippen molar-refractivity contribution in [2.45, 2.75) is 32.2 Å². The lowest BCUT2D eigenvalue weighted by Gasteiger charge is -2.20. The van der Waals surface area contributed by atoms with E-state index in [2.05, 4.69) is 25.2 Å². The molecule has 17 heavy (non-hydrogen) atoms. The first-order chi connectivity index (χ1) is 8.22. The highest BCUT2D eigenvalue weighted by Gasteiger charge is 2.18. The Kier molecular flexibility index (Phi) is 3.79. The van der Waals surface area contributed by atoms with Crippen molar-refractivity contribution in [3.8, 4) is 0 Å². The van der Waals surface area contributed by atoms with Crippen LogP contribution in [0.1, 0.15) is 37.3 Å². The molecule has 1 atom stereocenters. The zero-order valence-corrected chi connectivity index (χ0v) is 10.5. The van der Waals surface area contributed by atoms with Crippen LogP contribution >= 0.6 is 0 Å². The molecule has 1 heterocycles. The van der Waals surface area contributed by atoms with Gasteiger partial charge in [-0.3, -0.25) is 0 Å². The van der Waals surface area contributed by atoms with E-state index < -0.39 is 0 Å². The molecule has 3 nitrogen and oxygen atoms in total. The second kappa shape index (κ2) is 5.32. The van der Waals surface area contributed by atoms with Crippen molar-refractivity contribution in [3.05, 3.63) is 29.3 Å². The van der Waals surface area contributed by atoms with Gasteiger partial charge in [0.05, 0.1) is 12.6 Å². The van der Waals surface area contributed by atoms with Crippen molar-refractivity contribution in [3.63, 3.8) is 0 Å². The highest BCUT2D eigenvalue weighted by Crippen LogP contribution is 2.28. The standard InChI is InChI=1S/C14H20N2O/c1-10(2)13-5-3-4-11(8-15)14(13)16-12-6-7-17-9-12/h3-5,8,10,12,15-16H,6-7,9H2,1-2H3/t12-/m1/s1. The lowest BCUT2D eigenvalue weighted by Crippen LogP contribution is -2.21. The van der Waals surface area contributed by atoms with Gasteiger partial charge < -0.3 is 15.5 Å². The molecule has 0 radical (unpaired) electrons. The van der Waals surface area contributed by atoms with Crippen LogP contribution in [0.2, 0.25) is 0 Å². The number of nitrogens with one attached hydrogen (secondary N) is 2. The van der Waals surface area contributed by atoms with Gasteiger partial charge in [0.2, 0.25) is 0 Å². The fourth-order valence-electron chi connectivity index (χ4n) is 2.21. The zero-order chi connectivity index (χ0) is 12.3. The van der Waals surface area contributed by atoms with E-state index in [1.54, 1.807) is 0 Å². The minimum Gasteiger partial charge on any atom is -0.379 e. The quantitative estimate of drug-likeness (QED) is 0.784. The Morgan fingerprint density at radius 1 is 1.47 bits per heavy atom. The maximum absolute atomic E-state index is 7.50. The van der Waals surface area contributed by atoms with Gasteiger partial charge >= 0.3 is 0 Å². The van der Waals surface area contributed by atoms with E-state index >= 15 is 0 Å². The number of ether oxygens (including phenoxy) is 1. The fourth-order valence-corrected chi connectivity index (χ4v) is 2.21. The average molecular weight is 232 g/mol. The molecule has 0 aromatic heterocycles. The molecule has 2 N–H and O–H groups in total. The van der Waals surface area contributed by atoms with Gasteiger partial charge in [0.1, 0.15) is 0 Å². The van der Waals surface area contributed by atoms with Crippen molar-refractivity contribution in [2.75, 3.05) is 18.5 Å². The summed E-state index contributed by atoms with van der Waals surface area (Å²) in [7, 11) is 0. The van der Waals surface area contributed by atoms with E-state index in [-0.39, 0.29) is 0 Å². The molecule has 1 aromatic carbocycles. The molecule has 1 aliphatic heterocycles. The minimum atomic E-state index is 0.383. The molecule has 1 fully saturated rings. The van der Waals surface area contributed by atoms with Crippen molar-refractivity contribution in [1.29, 1.82) is 5.41 Å². The normalized spacial score (nSPS) is 19.6. The van der Waals surface area contributed by atoms with Crippen molar-refractivity contribution in [2.24, 2.45) is 0 Å². The molecule has 0 amide bonds. The molecule has 0 aliphatic carbocycles. The molecule has 0 spiro atoms. The van der Waals surface area contributed by atoms with Crippen LogP contribution in [-0.2, 0) is 4.74 Å². The summed E-state index contributed by atoms with van der Waals surface area (Å²) in [5, 5.41) is 11.0. The molecule has 1 aromatic rings. The number of benzene rings is 1. The second-order valence-corrected chi connectivity index (χ2v) is 4.82. The molecule has 3 heteroatoms. The Labute approximate surface area is 103 Å². The molecule has 92 valence electrons. The zero-order valence-electron chi connectivity index (χ0n) is 10.5. The molecule has 0 unspecified atom stereocenters. The monoisotopic (exact) mass is 232 g/mol. The van der Waals surface area contributed by atoms with Gasteiger partial charge in [-0.05, 0) is 17.9 Å². The van der Waals surface area contributed by atoms with Crippen LogP contribution in [0.3, 0.4) is 0 Å². The molecule has 1 aliphatic rings. The largest absolute Gasteiger partial charge is 0.379 e. The van der Waals surface area contributed by atoms with Crippen LogP contribution in [0.15, 0.2) is 18.2 Å². The van der Waals surface area contributed by atoms with Gasteiger partial charge in [0, 0.05) is 24.1 Å². The molecular weight excluding hydrogens is 212 g/mol. The van der Waals surface area contributed by atoms with Gasteiger partial charge in [-0.15, -0.1) is 0 Å². The van der Waals surface area contributed by atoms with Crippen LogP contribution in [0, 0.1) is 5.41 Å². The van der Waals surface area contributed by atoms with Gasteiger partial charge in [-0.2, -0.15) is 0 Å². The molecule has 1 saturated heterocycles. The summed E-state index contributed by atoms with van der Waals surface area (Å²) in [5.41, 5.74) is 3.34. The van der Waals surface area contributed by atoms with Crippen LogP contribution < -0.4 is 5.32 Å². The van der Waals surface area contributed by atoms with E-state index in [9.17, 15) is 0 Å². The van der Waals surface area contributed by atoms with Gasteiger partial charge in [-0.1, -0.05) is 32.0 Å². The Morgan fingerprint density at radius 3 is 2.88 bits per heavy atom. The van der Waals surface area contributed by atoms with Crippen LogP contribution in [-0.4, -0.2) is 25.5 Å². The Hall–Kier alpha value is -1.35. The maximum atomic E-state index is 7.50. The Bertz CT molecular complexity index is 395. The van der Waals surface area contributed by atoms with Crippen LogP contribution in [0.25, 0.3) is 0 Å². The average Bonchev–Trinajstić information content (AvgIpc) is 2.82. The van der Waals surface area contributed by atoms with E-state index in [0.717, 1.165) is 30.9 Å². The number of hydrogen-bond acceptors (Lipinski definition) is 3. The molecule has 0 bridgehead atoms. The number of hydrogen-bond donors (Lipinski definition) is 2. The molecule has 0 saturated carbocycles. The predicted octanol–water partition coefficient (Wildman–Crippen LogP) is 3.01. The summed E-state index contributed by atoms with van der Waals surface area (Å²) in [6, 6.07) is 6.52. The van der Waals surface area contributed by atoms with E-state index in [0.29, 0.717) is 12.0 Å². The Morgan fingerprint density at radius 2 is 2.29 bits per heavy atom. The topological polar surface area (TPSA) is 45.1 Å². The number of para-hydroxylation sites is 1. The lowest BCUT2D eigenvalue weighted by atomic mass is 9.97. The van der Waals surface area contributed by atoms with Crippen LogP contribution in [0.4, 0.5) is 5.69 Å². The molecule has 2 rings (SSSR count). The van der Waals surface area contributed by atoms with Crippen LogP contribution in [0.5, 0.6) is 0 Å². The fraction of sp³-hybridized carbons (Fsp3) is 0.500.